The first-order valence-corrected chi connectivity index (χ1v) is 12.4. The Labute approximate surface area is 225 Å². The number of nitrogens with zero attached hydrogens (tertiary/aromatic N) is 4. The van der Waals surface area contributed by atoms with E-state index < -0.39 is 4.92 Å². The lowest BCUT2D eigenvalue weighted by atomic mass is 9.96. The number of anilines is 1. The number of thiocarbonyl (C=S) groups is 1. The number of nitro groups is 1. The van der Waals surface area contributed by atoms with Gasteiger partial charge in [-0.15, -0.1) is 0 Å². The Morgan fingerprint density at radius 1 is 1.03 bits per heavy atom. The molecule has 0 radical (unpaired) electrons. The van der Waals surface area contributed by atoms with Crippen molar-refractivity contribution in [3.63, 3.8) is 0 Å². The first-order chi connectivity index (χ1) is 18.3. The lowest BCUT2D eigenvalue weighted by Crippen LogP contribution is -2.29. The van der Waals surface area contributed by atoms with Crippen LogP contribution in [0.2, 0.25) is 0 Å². The molecule has 0 bridgehead atoms. The molecule has 3 heterocycles. The first-order valence-electron chi connectivity index (χ1n) is 12.0. The SMILES string of the molecule is COc1ccc(N2C(=S)N[C@@H](c3ccccn3)[C@@H]2c2cc(C)n(-c3cc([N+](=O)[O-])ccc3OC)c2C)cc1. The average Bonchev–Trinajstić information content (AvgIpc) is 3.43. The Hall–Kier alpha value is -4.44. The van der Waals surface area contributed by atoms with E-state index in [2.05, 4.69) is 21.3 Å². The van der Waals surface area contributed by atoms with Crippen molar-refractivity contribution in [2.24, 2.45) is 0 Å². The van der Waals surface area contributed by atoms with Gasteiger partial charge in [0.15, 0.2) is 5.11 Å². The molecule has 4 aromatic rings. The molecule has 1 aliphatic rings. The summed E-state index contributed by atoms with van der Waals surface area (Å²) in [5.74, 6) is 1.29. The van der Waals surface area contributed by atoms with Gasteiger partial charge in [-0.25, -0.2) is 0 Å². The molecule has 5 rings (SSSR count). The molecule has 0 amide bonds. The van der Waals surface area contributed by atoms with Crippen molar-refractivity contribution in [2.75, 3.05) is 19.1 Å². The van der Waals surface area contributed by atoms with Gasteiger partial charge in [-0.2, -0.15) is 0 Å². The molecule has 2 aromatic carbocycles. The molecule has 0 unspecified atom stereocenters. The van der Waals surface area contributed by atoms with Crippen LogP contribution in [0.15, 0.2) is 72.9 Å². The van der Waals surface area contributed by atoms with Crippen molar-refractivity contribution >= 4 is 28.7 Å². The molecule has 1 fully saturated rings. The van der Waals surface area contributed by atoms with Crippen LogP contribution in [0.4, 0.5) is 11.4 Å². The second kappa shape index (κ2) is 10.1. The third kappa shape index (κ3) is 4.32. The second-order valence-electron chi connectivity index (χ2n) is 8.97. The van der Waals surface area contributed by atoms with Crippen LogP contribution in [-0.2, 0) is 0 Å². The zero-order chi connectivity index (χ0) is 27.0. The van der Waals surface area contributed by atoms with E-state index in [9.17, 15) is 10.1 Å². The summed E-state index contributed by atoms with van der Waals surface area (Å²) in [6, 6.07) is 19.8. The number of hydrogen-bond acceptors (Lipinski definition) is 6. The fraction of sp³-hybridized carbons (Fsp3) is 0.214. The number of nitro benzene ring substituents is 1. The number of non-ortho nitro benzene ring substituents is 1. The van der Waals surface area contributed by atoms with Gasteiger partial charge in [0.05, 0.1) is 42.6 Å². The van der Waals surface area contributed by atoms with E-state index >= 15 is 0 Å². The molecule has 2 aromatic heterocycles. The maximum Gasteiger partial charge on any atom is 0.271 e. The van der Waals surface area contributed by atoms with Crippen molar-refractivity contribution in [1.82, 2.24) is 14.9 Å². The quantitative estimate of drug-likeness (QED) is 0.188. The predicted molar refractivity (Wildman–Crippen MR) is 149 cm³/mol. The van der Waals surface area contributed by atoms with E-state index in [1.54, 1.807) is 26.5 Å². The summed E-state index contributed by atoms with van der Waals surface area (Å²) >= 11 is 5.85. The molecule has 1 aliphatic heterocycles. The molecule has 38 heavy (non-hydrogen) atoms. The minimum absolute atomic E-state index is 0.00946. The Morgan fingerprint density at radius 2 is 1.79 bits per heavy atom. The van der Waals surface area contributed by atoms with E-state index in [-0.39, 0.29) is 17.8 Å². The van der Waals surface area contributed by atoms with Gasteiger partial charge < -0.3 is 24.3 Å². The number of hydrogen-bond donors (Lipinski definition) is 1. The van der Waals surface area contributed by atoms with Crippen molar-refractivity contribution < 1.29 is 14.4 Å². The summed E-state index contributed by atoms with van der Waals surface area (Å²) in [5, 5.41) is 15.6. The van der Waals surface area contributed by atoms with Crippen molar-refractivity contribution in [3.8, 4) is 17.2 Å². The molecule has 0 saturated carbocycles. The normalized spacial score (nSPS) is 16.8. The third-order valence-electron chi connectivity index (χ3n) is 6.85. The van der Waals surface area contributed by atoms with E-state index in [4.69, 9.17) is 21.7 Å². The third-order valence-corrected chi connectivity index (χ3v) is 7.17. The van der Waals surface area contributed by atoms with Gasteiger partial charge in [-0.1, -0.05) is 6.07 Å². The second-order valence-corrected chi connectivity index (χ2v) is 9.36. The van der Waals surface area contributed by atoms with Gasteiger partial charge in [0.2, 0.25) is 0 Å². The van der Waals surface area contributed by atoms with Crippen molar-refractivity contribution in [3.05, 3.63) is 106 Å². The molecule has 0 aliphatic carbocycles. The van der Waals surface area contributed by atoms with Gasteiger partial charge in [0.25, 0.3) is 5.69 Å². The highest BCUT2D eigenvalue weighted by Gasteiger charge is 2.42. The molecule has 1 saturated heterocycles. The van der Waals surface area contributed by atoms with Crippen LogP contribution in [-0.4, -0.2) is 33.8 Å². The van der Waals surface area contributed by atoms with Gasteiger partial charge >= 0.3 is 0 Å². The Bertz CT molecular complexity index is 1500. The predicted octanol–water partition coefficient (Wildman–Crippen LogP) is 5.59. The zero-order valence-electron chi connectivity index (χ0n) is 21.4. The number of aryl methyl sites for hydroxylation is 1. The minimum Gasteiger partial charge on any atom is -0.497 e. The highest BCUT2D eigenvalue weighted by molar-refractivity contribution is 7.80. The van der Waals surface area contributed by atoms with Gasteiger partial charge in [-0.3, -0.25) is 15.1 Å². The highest BCUT2D eigenvalue weighted by atomic mass is 32.1. The number of benzene rings is 2. The molecular formula is C28H27N5O4S. The first kappa shape index (κ1) is 25.2. The summed E-state index contributed by atoms with van der Waals surface area (Å²) in [4.78, 5) is 17.9. The summed E-state index contributed by atoms with van der Waals surface area (Å²) in [6.45, 7) is 3.98. The van der Waals surface area contributed by atoms with Crippen LogP contribution in [0.5, 0.6) is 11.5 Å². The monoisotopic (exact) mass is 529 g/mol. The lowest BCUT2D eigenvalue weighted by molar-refractivity contribution is -0.384. The van der Waals surface area contributed by atoms with Gasteiger partial charge in [-0.05, 0) is 80.2 Å². The minimum atomic E-state index is -0.403. The molecule has 194 valence electrons. The number of ether oxygens (including phenoxy) is 2. The number of nitrogens with one attached hydrogen (secondary N) is 1. The highest BCUT2D eigenvalue weighted by Crippen LogP contribution is 2.44. The Kier molecular flexibility index (Phi) is 6.73. The summed E-state index contributed by atoms with van der Waals surface area (Å²) in [6.07, 6.45) is 1.77. The van der Waals surface area contributed by atoms with Crippen LogP contribution < -0.4 is 19.7 Å². The molecule has 10 heteroatoms. The smallest absolute Gasteiger partial charge is 0.271 e. The average molecular weight is 530 g/mol. The van der Waals surface area contributed by atoms with Crippen molar-refractivity contribution in [2.45, 2.75) is 25.9 Å². The van der Waals surface area contributed by atoms with Crippen LogP contribution in [0.3, 0.4) is 0 Å². The number of aromatic nitrogens is 2. The number of rotatable bonds is 7. The van der Waals surface area contributed by atoms with Gasteiger partial charge in [0, 0.05) is 35.4 Å². The fourth-order valence-corrected chi connectivity index (χ4v) is 5.46. The van der Waals surface area contributed by atoms with Crippen molar-refractivity contribution in [1.29, 1.82) is 0 Å². The maximum atomic E-state index is 11.6. The van der Waals surface area contributed by atoms with E-state index in [0.29, 0.717) is 16.5 Å². The zero-order valence-corrected chi connectivity index (χ0v) is 22.2. The standard InChI is InChI=1S/C28H27N5O4S/c1-17-15-22(18(2)31(17)24-16-20(33(34)35)10-13-25(24)37-4)27-26(23-7-5-6-14-29-23)30-28(38)32(27)19-8-11-21(36-3)12-9-19/h5-16,26-27H,1-4H3,(H,30,38)/t26-,27-/m0/s1. The lowest BCUT2D eigenvalue weighted by Gasteiger charge is -2.28. The van der Waals surface area contributed by atoms with E-state index in [1.165, 1.54) is 12.1 Å². The molecule has 9 nitrogen and oxygen atoms in total. The fourth-order valence-electron chi connectivity index (χ4n) is 5.12. The molecule has 1 N–H and O–H groups in total. The number of methoxy groups -OCH3 is 2. The maximum absolute atomic E-state index is 11.6. The topological polar surface area (TPSA) is 94.7 Å². The summed E-state index contributed by atoms with van der Waals surface area (Å²) < 4.78 is 12.9. The van der Waals surface area contributed by atoms with Gasteiger partial charge in [0.1, 0.15) is 11.5 Å². The van der Waals surface area contributed by atoms with E-state index in [0.717, 1.165) is 34.1 Å². The van der Waals surface area contributed by atoms with E-state index in [1.807, 2.05) is 60.9 Å². The molecule has 2 atom stereocenters. The van der Waals surface area contributed by atoms with Crippen LogP contribution >= 0.6 is 12.2 Å². The molecular weight excluding hydrogens is 502 g/mol. The Morgan fingerprint density at radius 3 is 2.42 bits per heavy atom. The summed E-state index contributed by atoms with van der Waals surface area (Å²) in [5.41, 5.74) is 5.18. The molecule has 0 spiro atoms. The van der Waals surface area contributed by atoms with Crippen LogP contribution in [0.1, 0.15) is 34.7 Å². The Balaban J connectivity index is 1.69. The van der Waals surface area contributed by atoms with Crippen LogP contribution in [0, 0.1) is 24.0 Å². The largest absolute Gasteiger partial charge is 0.497 e. The summed E-state index contributed by atoms with van der Waals surface area (Å²) in [7, 11) is 3.19. The number of pyridine rings is 1. The van der Waals surface area contributed by atoms with Crippen LogP contribution in [0.25, 0.3) is 5.69 Å².